The number of hydrogen-bond acceptors (Lipinski definition) is 4. The molecule has 0 saturated heterocycles. The lowest BCUT2D eigenvalue weighted by atomic mass is 10.4. The Kier molecular flexibility index (Phi) is 2.64. The number of carbonyl (C=O) groups excluding carboxylic acids is 1. The number of amides is 1. The smallest absolute Gasteiger partial charge is 0.269 e. The topological polar surface area (TPSA) is 81.2 Å². The fourth-order valence-electron chi connectivity index (χ4n) is 1.47. The molecule has 0 aromatic carbocycles. The van der Waals surface area contributed by atoms with E-state index < -0.39 is 0 Å². The molecule has 0 radical (unpaired) electrons. The van der Waals surface area contributed by atoms with E-state index in [0.29, 0.717) is 11.7 Å². The lowest BCUT2D eigenvalue weighted by Crippen LogP contribution is -2.36. The van der Waals surface area contributed by atoms with Crippen molar-refractivity contribution in [2.75, 3.05) is 12.8 Å². The summed E-state index contributed by atoms with van der Waals surface area (Å²) < 4.78 is 1.12. The molecule has 0 bridgehead atoms. The number of rotatable bonds is 3. The van der Waals surface area contributed by atoms with Crippen LogP contribution in [-0.2, 0) is 11.3 Å². The zero-order valence-corrected chi connectivity index (χ0v) is 9.09. The molecule has 1 saturated carbocycles. The standard InChI is InChI=1S/C10H14N4O2/c1-13(8-2-3-8)10(16)6-14-9(15)4-7(11)5-12-14/h4-5,8H,2-3,6,11H2,1H3. The van der Waals surface area contributed by atoms with Gasteiger partial charge in [0, 0.05) is 19.2 Å². The van der Waals surface area contributed by atoms with Crippen molar-refractivity contribution in [2.45, 2.75) is 25.4 Å². The molecule has 0 aliphatic heterocycles. The van der Waals surface area contributed by atoms with E-state index in [2.05, 4.69) is 5.10 Å². The molecular weight excluding hydrogens is 208 g/mol. The Labute approximate surface area is 92.7 Å². The van der Waals surface area contributed by atoms with Crippen molar-refractivity contribution < 1.29 is 4.79 Å². The predicted molar refractivity (Wildman–Crippen MR) is 58.7 cm³/mol. The molecule has 1 aromatic rings. The van der Waals surface area contributed by atoms with Crippen molar-refractivity contribution in [1.82, 2.24) is 14.7 Å². The number of nitrogens with zero attached hydrogens (tertiary/aromatic N) is 3. The van der Waals surface area contributed by atoms with Crippen molar-refractivity contribution in [1.29, 1.82) is 0 Å². The van der Waals surface area contributed by atoms with Gasteiger partial charge in [-0.1, -0.05) is 0 Å². The molecule has 86 valence electrons. The van der Waals surface area contributed by atoms with E-state index in [1.165, 1.54) is 12.3 Å². The predicted octanol–water partition coefficient (Wildman–Crippen LogP) is -0.554. The molecule has 1 aliphatic carbocycles. The number of aromatic nitrogens is 2. The molecular formula is C10H14N4O2. The van der Waals surface area contributed by atoms with Gasteiger partial charge in [-0.3, -0.25) is 9.59 Å². The minimum Gasteiger partial charge on any atom is -0.397 e. The summed E-state index contributed by atoms with van der Waals surface area (Å²) in [5, 5.41) is 3.81. The molecule has 16 heavy (non-hydrogen) atoms. The summed E-state index contributed by atoms with van der Waals surface area (Å²) in [5.41, 5.74) is 5.37. The monoisotopic (exact) mass is 222 g/mol. The van der Waals surface area contributed by atoms with Crippen molar-refractivity contribution in [2.24, 2.45) is 0 Å². The maximum Gasteiger partial charge on any atom is 0.269 e. The highest BCUT2D eigenvalue weighted by Gasteiger charge is 2.29. The summed E-state index contributed by atoms with van der Waals surface area (Å²) in [7, 11) is 1.75. The van der Waals surface area contributed by atoms with E-state index in [1.807, 2.05) is 0 Å². The van der Waals surface area contributed by atoms with Crippen LogP contribution >= 0.6 is 0 Å². The van der Waals surface area contributed by atoms with E-state index in [1.54, 1.807) is 11.9 Å². The quantitative estimate of drug-likeness (QED) is 0.743. The first kappa shape index (κ1) is 10.7. The van der Waals surface area contributed by atoms with Gasteiger partial charge in [-0.2, -0.15) is 5.10 Å². The van der Waals surface area contributed by atoms with Crippen molar-refractivity contribution in [3.63, 3.8) is 0 Å². The average Bonchev–Trinajstić information content (AvgIpc) is 3.04. The van der Waals surface area contributed by atoms with Crippen LogP contribution < -0.4 is 11.3 Å². The van der Waals surface area contributed by atoms with Gasteiger partial charge in [0.2, 0.25) is 5.91 Å². The summed E-state index contributed by atoms with van der Waals surface area (Å²) in [6.07, 6.45) is 3.46. The molecule has 2 rings (SSSR count). The second kappa shape index (κ2) is 3.96. The number of carbonyl (C=O) groups is 1. The van der Waals surface area contributed by atoms with E-state index >= 15 is 0 Å². The molecule has 6 heteroatoms. The third-order valence-electron chi connectivity index (χ3n) is 2.66. The summed E-state index contributed by atoms with van der Waals surface area (Å²) in [5.74, 6) is -0.0955. The SMILES string of the molecule is CN(C(=O)Cn1ncc(N)cc1=O)C1CC1. The van der Waals surface area contributed by atoms with Crippen LogP contribution in [0, 0.1) is 0 Å². The first-order valence-corrected chi connectivity index (χ1v) is 5.16. The molecule has 1 fully saturated rings. The van der Waals surface area contributed by atoms with Gasteiger partial charge in [-0.05, 0) is 12.8 Å². The van der Waals surface area contributed by atoms with Gasteiger partial charge in [0.25, 0.3) is 5.56 Å². The maximum atomic E-state index is 11.7. The summed E-state index contributed by atoms with van der Waals surface area (Å²) in [6.45, 7) is -0.0217. The Bertz CT molecular complexity index is 464. The van der Waals surface area contributed by atoms with E-state index in [-0.39, 0.29) is 18.0 Å². The highest BCUT2D eigenvalue weighted by Crippen LogP contribution is 2.25. The first-order valence-electron chi connectivity index (χ1n) is 5.16. The van der Waals surface area contributed by atoms with Crippen LogP contribution in [0.5, 0.6) is 0 Å². The maximum absolute atomic E-state index is 11.7. The van der Waals surface area contributed by atoms with Crippen LogP contribution in [0.15, 0.2) is 17.1 Å². The third-order valence-corrected chi connectivity index (χ3v) is 2.66. The van der Waals surface area contributed by atoms with Crippen LogP contribution in [0.4, 0.5) is 5.69 Å². The molecule has 1 aromatic heterocycles. The Morgan fingerprint density at radius 2 is 2.38 bits per heavy atom. The largest absolute Gasteiger partial charge is 0.397 e. The van der Waals surface area contributed by atoms with Gasteiger partial charge < -0.3 is 10.6 Å². The second-order valence-corrected chi connectivity index (χ2v) is 4.02. The zero-order valence-electron chi connectivity index (χ0n) is 9.09. The van der Waals surface area contributed by atoms with Gasteiger partial charge in [-0.25, -0.2) is 4.68 Å². The minimum absolute atomic E-state index is 0.0217. The minimum atomic E-state index is -0.349. The molecule has 0 atom stereocenters. The first-order chi connectivity index (χ1) is 7.58. The van der Waals surface area contributed by atoms with Gasteiger partial charge in [0.05, 0.1) is 11.9 Å². The van der Waals surface area contributed by atoms with Crippen molar-refractivity contribution >= 4 is 11.6 Å². The lowest BCUT2D eigenvalue weighted by molar-refractivity contribution is -0.131. The molecule has 6 nitrogen and oxygen atoms in total. The van der Waals surface area contributed by atoms with Crippen LogP contribution in [0.2, 0.25) is 0 Å². The Morgan fingerprint density at radius 3 is 2.94 bits per heavy atom. The summed E-state index contributed by atoms with van der Waals surface area (Å²) >= 11 is 0. The van der Waals surface area contributed by atoms with Crippen molar-refractivity contribution in [3.8, 4) is 0 Å². The zero-order chi connectivity index (χ0) is 11.7. The fourth-order valence-corrected chi connectivity index (χ4v) is 1.47. The molecule has 0 spiro atoms. The Morgan fingerprint density at radius 1 is 1.69 bits per heavy atom. The Hall–Kier alpha value is -1.85. The van der Waals surface area contributed by atoms with Gasteiger partial charge in [0.1, 0.15) is 6.54 Å². The van der Waals surface area contributed by atoms with Gasteiger partial charge in [0.15, 0.2) is 0 Å². The lowest BCUT2D eigenvalue weighted by Gasteiger charge is -2.16. The highest BCUT2D eigenvalue weighted by molar-refractivity contribution is 5.76. The summed E-state index contributed by atoms with van der Waals surface area (Å²) in [6, 6.07) is 1.61. The second-order valence-electron chi connectivity index (χ2n) is 4.02. The summed E-state index contributed by atoms with van der Waals surface area (Å²) in [4.78, 5) is 24.8. The van der Waals surface area contributed by atoms with E-state index in [4.69, 9.17) is 5.73 Å². The number of anilines is 1. The molecule has 1 heterocycles. The number of hydrogen-bond donors (Lipinski definition) is 1. The Balaban J connectivity index is 2.08. The van der Waals surface area contributed by atoms with Crippen LogP contribution in [0.3, 0.4) is 0 Å². The molecule has 0 unspecified atom stereocenters. The molecule has 1 aliphatic rings. The number of nitrogen functional groups attached to an aromatic ring is 1. The molecule has 1 amide bonds. The van der Waals surface area contributed by atoms with Gasteiger partial charge in [-0.15, -0.1) is 0 Å². The van der Waals surface area contributed by atoms with Crippen LogP contribution in [-0.4, -0.2) is 33.7 Å². The number of nitrogens with two attached hydrogens (primary N) is 1. The average molecular weight is 222 g/mol. The highest BCUT2D eigenvalue weighted by atomic mass is 16.2. The van der Waals surface area contributed by atoms with E-state index in [0.717, 1.165) is 17.5 Å². The molecule has 2 N–H and O–H groups in total. The van der Waals surface area contributed by atoms with Crippen LogP contribution in [0.1, 0.15) is 12.8 Å². The number of likely N-dealkylation sites (N-methyl/N-ethyl adjacent to an activating group) is 1. The van der Waals surface area contributed by atoms with Crippen molar-refractivity contribution in [3.05, 3.63) is 22.6 Å². The van der Waals surface area contributed by atoms with E-state index in [9.17, 15) is 9.59 Å². The van der Waals surface area contributed by atoms with Crippen LogP contribution in [0.25, 0.3) is 0 Å². The van der Waals surface area contributed by atoms with Gasteiger partial charge >= 0.3 is 0 Å². The fraction of sp³-hybridized carbons (Fsp3) is 0.500. The normalized spacial score (nSPS) is 14.8. The third kappa shape index (κ3) is 2.21.